The molecule has 31 heavy (non-hydrogen) atoms. The minimum Gasteiger partial charge on any atom is -0.353 e. The van der Waals surface area contributed by atoms with Crippen LogP contribution in [0.3, 0.4) is 0 Å². The Kier molecular flexibility index (Phi) is 6.06. The Bertz CT molecular complexity index is 1070. The van der Waals surface area contributed by atoms with Gasteiger partial charge >= 0.3 is 6.03 Å². The number of hydrogen-bond donors (Lipinski definition) is 1. The van der Waals surface area contributed by atoms with Crippen LogP contribution in [-0.2, 0) is 6.54 Å². The average Bonchev–Trinajstić information content (AvgIpc) is 3.08. The van der Waals surface area contributed by atoms with Crippen molar-refractivity contribution in [1.82, 2.24) is 29.7 Å². The van der Waals surface area contributed by atoms with Crippen molar-refractivity contribution in [3.63, 3.8) is 0 Å². The summed E-state index contributed by atoms with van der Waals surface area (Å²) in [5, 5.41) is 3.06. The van der Waals surface area contributed by atoms with Gasteiger partial charge in [0.25, 0.3) is 0 Å². The van der Waals surface area contributed by atoms with Crippen molar-refractivity contribution >= 4 is 22.9 Å². The minimum atomic E-state index is -0.0107. The van der Waals surface area contributed by atoms with E-state index < -0.39 is 0 Å². The third-order valence-corrected chi connectivity index (χ3v) is 5.72. The van der Waals surface area contributed by atoms with Crippen LogP contribution in [0.15, 0.2) is 30.3 Å². The lowest BCUT2D eigenvalue weighted by atomic mass is 10.2. The summed E-state index contributed by atoms with van der Waals surface area (Å²) in [6.45, 7) is 12.4. The first-order valence-electron chi connectivity index (χ1n) is 11.0. The number of imidazole rings is 1. The highest BCUT2D eigenvalue weighted by Gasteiger charge is 2.22. The van der Waals surface area contributed by atoms with Crippen molar-refractivity contribution in [1.29, 1.82) is 0 Å². The van der Waals surface area contributed by atoms with E-state index in [-0.39, 0.29) is 6.03 Å². The fraction of sp³-hybridized carbons (Fsp3) is 0.478. The van der Waals surface area contributed by atoms with Gasteiger partial charge in [-0.1, -0.05) is 26.0 Å². The predicted octanol–water partition coefficient (Wildman–Crippen LogP) is 3.10. The lowest BCUT2D eigenvalue weighted by molar-refractivity contribution is 0.194. The largest absolute Gasteiger partial charge is 0.353 e. The normalized spacial score (nSPS) is 14.5. The SMILES string of the molecule is Cc1cc(N2CCN(C(=O)NCCn3c(C)nc4ccccc43)CC2)nc(C(C)C)n1. The standard InChI is InChI=1S/C23H31N7O/c1-16(2)22-25-17(3)15-21(27-22)28-11-13-29(14-12-28)23(31)24-9-10-30-18(4)26-19-7-5-6-8-20(19)30/h5-8,15-16H,9-14H2,1-4H3,(H,24,31). The number of carbonyl (C=O) groups excluding carboxylic acids is 1. The Hall–Kier alpha value is -3.16. The summed E-state index contributed by atoms with van der Waals surface area (Å²) in [4.78, 5) is 30.6. The molecule has 1 saturated heterocycles. The minimum absolute atomic E-state index is 0.0107. The number of para-hydroxylation sites is 2. The van der Waals surface area contributed by atoms with E-state index in [1.54, 1.807) is 0 Å². The topological polar surface area (TPSA) is 79.2 Å². The number of nitrogens with one attached hydrogen (secondary N) is 1. The maximum atomic E-state index is 12.7. The molecule has 3 heterocycles. The highest BCUT2D eigenvalue weighted by Crippen LogP contribution is 2.19. The van der Waals surface area contributed by atoms with Crippen LogP contribution >= 0.6 is 0 Å². The summed E-state index contributed by atoms with van der Waals surface area (Å²) >= 11 is 0. The van der Waals surface area contributed by atoms with Crippen molar-refractivity contribution in [2.24, 2.45) is 0 Å². The molecule has 0 radical (unpaired) electrons. The van der Waals surface area contributed by atoms with E-state index >= 15 is 0 Å². The zero-order valence-electron chi connectivity index (χ0n) is 18.8. The van der Waals surface area contributed by atoms with Gasteiger partial charge in [0.1, 0.15) is 17.5 Å². The van der Waals surface area contributed by atoms with Gasteiger partial charge in [-0.15, -0.1) is 0 Å². The lowest BCUT2D eigenvalue weighted by Gasteiger charge is -2.35. The van der Waals surface area contributed by atoms with Crippen LogP contribution in [0.4, 0.5) is 10.6 Å². The molecule has 2 amide bonds. The van der Waals surface area contributed by atoms with E-state index in [4.69, 9.17) is 4.98 Å². The molecule has 1 fully saturated rings. The molecule has 2 aromatic heterocycles. The highest BCUT2D eigenvalue weighted by atomic mass is 16.2. The van der Waals surface area contributed by atoms with Crippen molar-refractivity contribution in [3.8, 4) is 0 Å². The average molecular weight is 422 g/mol. The lowest BCUT2D eigenvalue weighted by Crippen LogP contribution is -2.52. The van der Waals surface area contributed by atoms with Gasteiger partial charge in [-0.25, -0.2) is 19.7 Å². The van der Waals surface area contributed by atoms with E-state index in [1.807, 2.05) is 43.0 Å². The van der Waals surface area contributed by atoms with Crippen LogP contribution in [-0.4, -0.2) is 63.2 Å². The number of urea groups is 1. The molecule has 0 saturated carbocycles. The van der Waals surface area contributed by atoms with Crippen molar-refractivity contribution < 1.29 is 4.79 Å². The van der Waals surface area contributed by atoms with Crippen molar-refractivity contribution in [3.05, 3.63) is 47.7 Å². The number of anilines is 1. The van der Waals surface area contributed by atoms with Gasteiger partial charge in [-0.05, 0) is 26.0 Å². The zero-order chi connectivity index (χ0) is 22.0. The number of benzene rings is 1. The smallest absolute Gasteiger partial charge is 0.317 e. The van der Waals surface area contributed by atoms with Crippen LogP contribution in [0.25, 0.3) is 11.0 Å². The number of fused-ring (bicyclic) bond motifs is 1. The molecule has 1 aliphatic rings. The number of carbonyl (C=O) groups is 1. The first-order chi connectivity index (χ1) is 14.9. The Balaban J connectivity index is 1.30. The molecule has 3 aromatic rings. The quantitative estimate of drug-likeness (QED) is 0.685. The van der Waals surface area contributed by atoms with Crippen LogP contribution in [0, 0.1) is 13.8 Å². The molecule has 4 rings (SSSR count). The van der Waals surface area contributed by atoms with E-state index in [9.17, 15) is 4.79 Å². The van der Waals surface area contributed by atoms with E-state index in [1.165, 1.54) is 0 Å². The van der Waals surface area contributed by atoms with Crippen LogP contribution in [0.1, 0.15) is 37.1 Å². The number of hydrogen-bond acceptors (Lipinski definition) is 5. The summed E-state index contributed by atoms with van der Waals surface area (Å²) in [5.41, 5.74) is 3.07. The van der Waals surface area contributed by atoms with Gasteiger partial charge < -0.3 is 19.7 Å². The predicted molar refractivity (Wildman–Crippen MR) is 123 cm³/mol. The zero-order valence-corrected chi connectivity index (χ0v) is 18.8. The molecule has 0 spiro atoms. The van der Waals surface area contributed by atoms with Crippen LogP contribution in [0.5, 0.6) is 0 Å². The molecule has 0 atom stereocenters. The van der Waals surface area contributed by atoms with Gasteiger partial charge in [0.2, 0.25) is 0 Å². The van der Waals surface area contributed by atoms with Gasteiger partial charge in [-0.3, -0.25) is 0 Å². The summed E-state index contributed by atoms with van der Waals surface area (Å²) in [7, 11) is 0. The molecule has 1 aromatic carbocycles. The number of aromatic nitrogens is 4. The van der Waals surface area contributed by atoms with Crippen LogP contribution in [0.2, 0.25) is 0 Å². The van der Waals surface area contributed by atoms with Crippen molar-refractivity contribution in [2.45, 2.75) is 40.2 Å². The summed E-state index contributed by atoms with van der Waals surface area (Å²) in [6, 6.07) is 10.1. The van der Waals surface area contributed by atoms with E-state index in [2.05, 4.69) is 44.7 Å². The monoisotopic (exact) mass is 421 g/mol. The second-order valence-corrected chi connectivity index (χ2v) is 8.39. The Labute approximate surface area is 183 Å². The fourth-order valence-corrected chi connectivity index (χ4v) is 4.00. The molecule has 8 heteroatoms. The molecule has 0 aliphatic carbocycles. The molecule has 1 aliphatic heterocycles. The van der Waals surface area contributed by atoms with Gasteiger partial charge in [-0.2, -0.15) is 0 Å². The number of amides is 2. The second-order valence-electron chi connectivity index (χ2n) is 8.39. The van der Waals surface area contributed by atoms with Gasteiger partial charge in [0.15, 0.2) is 0 Å². The first-order valence-corrected chi connectivity index (χ1v) is 11.0. The third kappa shape index (κ3) is 4.62. The molecule has 0 bridgehead atoms. The summed E-state index contributed by atoms with van der Waals surface area (Å²) in [6.07, 6.45) is 0. The maximum absolute atomic E-state index is 12.7. The molecular formula is C23H31N7O. The number of aryl methyl sites for hydroxylation is 2. The van der Waals surface area contributed by atoms with E-state index in [0.29, 0.717) is 32.1 Å². The maximum Gasteiger partial charge on any atom is 0.317 e. The van der Waals surface area contributed by atoms with Gasteiger partial charge in [0, 0.05) is 56.9 Å². The van der Waals surface area contributed by atoms with E-state index in [0.717, 1.165) is 47.3 Å². The Morgan fingerprint density at radius 2 is 1.81 bits per heavy atom. The molecule has 164 valence electrons. The second kappa shape index (κ2) is 8.91. The Morgan fingerprint density at radius 1 is 1.06 bits per heavy atom. The van der Waals surface area contributed by atoms with Crippen molar-refractivity contribution in [2.75, 3.05) is 37.6 Å². The molecule has 8 nitrogen and oxygen atoms in total. The third-order valence-electron chi connectivity index (χ3n) is 5.72. The number of nitrogens with zero attached hydrogens (tertiary/aromatic N) is 6. The number of rotatable bonds is 5. The summed E-state index contributed by atoms with van der Waals surface area (Å²) in [5.74, 6) is 3.09. The summed E-state index contributed by atoms with van der Waals surface area (Å²) < 4.78 is 2.15. The molecule has 0 unspecified atom stereocenters. The Morgan fingerprint density at radius 3 is 2.55 bits per heavy atom. The molecular weight excluding hydrogens is 390 g/mol. The fourth-order valence-electron chi connectivity index (χ4n) is 4.00. The highest BCUT2D eigenvalue weighted by molar-refractivity contribution is 5.76. The number of piperazine rings is 1. The molecule has 1 N–H and O–H groups in total. The first kappa shape index (κ1) is 21.1. The van der Waals surface area contributed by atoms with Crippen LogP contribution < -0.4 is 10.2 Å². The van der Waals surface area contributed by atoms with Gasteiger partial charge in [0.05, 0.1) is 11.0 Å².